The van der Waals surface area contributed by atoms with Crippen LogP contribution in [-0.2, 0) is 61.9 Å². The van der Waals surface area contributed by atoms with Gasteiger partial charge in [-0.3, -0.25) is 12.1 Å². The molecular formula is C108H86Ir2N10. The van der Waals surface area contributed by atoms with Gasteiger partial charge in [-0.1, -0.05) is 272 Å². The van der Waals surface area contributed by atoms with E-state index in [-0.39, 0.29) is 61.9 Å². The second-order valence-corrected chi connectivity index (χ2v) is 34.1. The van der Waals surface area contributed by atoms with Crippen molar-refractivity contribution in [2.45, 2.75) is 105 Å². The zero-order valence-electron chi connectivity index (χ0n) is 69.0. The number of aromatic nitrogens is 10. The minimum atomic E-state index is -0.115. The summed E-state index contributed by atoms with van der Waals surface area (Å²) in [6.07, 6.45) is 19.3. The normalized spacial score (nSPS) is 11.7. The Kier molecular flexibility index (Phi) is 23.6. The molecule has 0 saturated carbocycles. The smallest absolute Gasteiger partial charge is 0.356 e. The monoisotopic (exact) mass is 1910 g/mol. The first kappa shape index (κ1) is 82.4. The van der Waals surface area contributed by atoms with Crippen LogP contribution in [-0.4, -0.2) is 49.8 Å². The van der Waals surface area contributed by atoms with Crippen molar-refractivity contribution < 1.29 is 40.2 Å². The third-order valence-electron chi connectivity index (χ3n) is 21.6. The summed E-state index contributed by atoms with van der Waals surface area (Å²) in [7, 11) is 0. The Hall–Kier alpha value is -12.7. The molecule has 17 rings (SSSR count). The molecule has 0 aliphatic carbocycles. The molecule has 9 heterocycles. The van der Waals surface area contributed by atoms with Gasteiger partial charge < -0.3 is 49.8 Å². The van der Waals surface area contributed by atoms with Gasteiger partial charge in [0.15, 0.2) is 0 Å². The van der Waals surface area contributed by atoms with Crippen molar-refractivity contribution in [1.29, 1.82) is 0 Å². The van der Waals surface area contributed by atoms with Crippen molar-refractivity contribution in [3.8, 4) is 179 Å². The van der Waals surface area contributed by atoms with E-state index in [9.17, 15) is 0 Å². The van der Waals surface area contributed by atoms with E-state index >= 15 is 0 Å². The van der Waals surface area contributed by atoms with Gasteiger partial charge in [0.1, 0.15) is 0 Å². The van der Waals surface area contributed by atoms with E-state index in [1.54, 1.807) is 0 Å². The first-order chi connectivity index (χ1) is 57.0. The Labute approximate surface area is 731 Å². The summed E-state index contributed by atoms with van der Waals surface area (Å²) >= 11 is 0. The van der Waals surface area contributed by atoms with E-state index in [1.807, 2.05) is 104 Å². The van der Waals surface area contributed by atoms with E-state index in [1.165, 1.54) is 0 Å². The average Bonchev–Trinajstić information content (AvgIpc) is 0.754. The van der Waals surface area contributed by atoms with Crippen LogP contribution in [0.25, 0.3) is 179 Å². The van der Waals surface area contributed by atoms with Gasteiger partial charge in [0, 0.05) is 48.3 Å². The summed E-state index contributed by atoms with van der Waals surface area (Å²) in [5, 5.41) is 0. The molecule has 12 heteroatoms. The van der Waals surface area contributed by atoms with Gasteiger partial charge in [0.2, 0.25) is 0 Å². The SMILES string of the molecule is CC(C)(C)c1c[c-]c(-c2ccc(-c3ccccc3-c3cc(-c4ccccc4-c4ccc(-c5[c-]cc(C(C)(C)C)nc5)nc4)cc(-c4cccc(-c5cc(-c6ccccc6-c6ccc(-c7[c-]cc(C(C)(C)C)nc7)nc6)cc(-c6ccccc6-c6ccc(-c7[c-]cc(C(C)(C)C)nc7)nc6)c5)c4-c4cnc(-c5[c-]ccc[c-]5)nc4)c3)cn2)cn1.[Ir+3].[Ir+3]. The van der Waals surface area contributed by atoms with Crippen LogP contribution < -0.4 is 0 Å². The van der Waals surface area contributed by atoms with Gasteiger partial charge in [-0.25, -0.2) is 23.8 Å². The Bertz CT molecular complexity index is 5810. The molecule has 8 aromatic carbocycles. The summed E-state index contributed by atoms with van der Waals surface area (Å²) in [4.78, 5) is 50.1. The Morgan fingerprint density at radius 2 is 0.442 bits per heavy atom. The maximum Gasteiger partial charge on any atom is 3.00 e. The maximum atomic E-state index is 5.17. The number of benzene rings is 8. The van der Waals surface area contributed by atoms with Crippen LogP contribution in [0.5, 0.6) is 0 Å². The van der Waals surface area contributed by atoms with Crippen LogP contribution in [0.3, 0.4) is 0 Å². The first-order valence-corrected chi connectivity index (χ1v) is 39.9. The van der Waals surface area contributed by atoms with Gasteiger partial charge >= 0.3 is 40.2 Å². The van der Waals surface area contributed by atoms with Crippen molar-refractivity contribution >= 4 is 0 Å². The molecule has 0 saturated heterocycles. The molecule has 9 aromatic heterocycles. The maximum absolute atomic E-state index is 5.17. The molecule has 0 spiro atoms. The second-order valence-electron chi connectivity index (χ2n) is 34.1. The van der Waals surface area contributed by atoms with E-state index in [4.69, 9.17) is 49.8 Å². The van der Waals surface area contributed by atoms with E-state index in [0.29, 0.717) is 11.4 Å². The number of rotatable bonds is 16. The summed E-state index contributed by atoms with van der Waals surface area (Å²) in [5.74, 6) is 0.511. The molecule has 120 heavy (non-hydrogen) atoms. The van der Waals surface area contributed by atoms with Crippen LogP contribution in [0, 0.1) is 36.4 Å². The molecule has 0 unspecified atom stereocenters. The molecule has 0 radical (unpaired) electrons. The molecule has 0 bridgehead atoms. The van der Waals surface area contributed by atoms with Gasteiger partial charge in [-0.15, -0.1) is 70.8 Å². The number of hydrogen-bond donors (Lipinski definition) is 0. The third kappa shape index (κ3) is 17.6. The summed E-state index contributed by atoms with van der Waals surface area (Å²) in [6.45, 7) is 25.9. The van der Waals surface area contributed by atoms with Crippen LogP contribution in [0.1, 0.15) is 106 Å². The molecule has 10 nitrogen and oxygen atoms in total. The van der Waals surface area contributed by atoms with Gasteiger partial charge in [0.05, 0.1) is 0 Å². The molecular weight excluding hydrogens is 1820 g/mol. The fraction of sp³-hybridized carbons (Fsp3) is 0.148. The number of nitrogens with zero attached hydrogens (tertiary/aromatic N) is 10. The molecule has 0 N–H and O–H groups in total. The molecule has 0 atom stereocenters. The summed E-state index contributed by atoms with van der Waals surface area (Å²) in [5.41, 5.74) is 32.1. The van der Waals surface area contributed by atoms with Crippen molar-refractivity contribution in [2.75, 3.05) is 0 Å². The number of hydrogen-bond acceptors (Lipinski definition) is 10. The summed E-state index contributed by atoms with van der Waals surface area (Å²) < 4.78 is 0. The second kappa shape index (κ2) is 34.4. The van der Waals surface area contributed by atoms with Gasteiger partial charge in [0.25, 0.3) is 0 Å². The van der Waals surface area contributed by atoms with E-state index in [2.05, 4.69) is 320 Å². The largest absolute Gasteiger partial charge is 3.00 e. The van der Waals surface area contributed by atoms with Crippen molar-refractivity contribution in [2.24, 2.45) is 0 Å². The molecule has 0 aliphatic rings. The Morgan fingerprint density at radius 3 is 0.667 bits per heavy atom. The van der Waals surface area contributed by atoms with Crippen LogP contribution >= 0.6 is 0 Å². The zero-order chi connectivity index (χ0) is 81.5. The Morgan fingerprint density at radius 1 is 0.208 bits per heavy atom. The van der Waals surface area contributed by atoms with Gasteiger partial charge in [-0.2, -0.15) is 0 Å². The topological polar surface area (TPSA) is 129 Å². The molecule has 0 aliphatic heterocycles. The fourth-order valence-corrected chi connectivity index (χ4v) is 15.0. The van der Waals surface area contributed by atoms with Crippen LogP contribution in [0.4, 0.5) is 0 Å². The minimum Gasteiger partial charge on any atom is -0.356 e. The first-order valence-electron chi connectivity index (χ1n) is 39.9. The molecule has 586 valence electrons. The van der Waals surface area contributed by atoms with Gasteiger partial charge in [-0.05, 0) is 221 Å². The number of pyridine rings is 8. The summed E-state index contributed by atoms with van der Waals surface area (Å²) in [6, 6.07) is 106. The Balaban J connectivity index is 0.00000561. The zero-order valence-corrected chi connectivity index (χ0v) is 73.8. The van der Waals surface area contributed by atoms with E-state index in [0.717, 1.165) is 190 Å². The molecule has 0 amide bonds. The van der Waals surface area contributed by atoms with Crippen molar-refractivity contribution in [1.82, 2.24) is 49.8 Å². The fourth-order valence-electron chi connectivity index (χ4n) is 15.0. The van der Waals surface area contributed by atoms with Crippen LogP contribution in [0.15, 0.2) is 305 Å². The van der Waals surface area contributed by atoms with Crippen molar-refractivity contribution in [3.05, 3.63) is 364 Å². The average molecular weight is 1910 g/mol. The third-order valence-corrected chi connectivity index (χ3v) is 21.6. The quantitative estimate of drug-likeness (QED) is 0.0862. The molecule has 17 aromatic rings. The van der Waals surface area contributed by atoms with Crippen molar-refractivity contribution in [3.63, 3.8) is 0 Å². The minimum absolute atomic E-state index is 0. The standard InChI is InChI=1S/C108H86N10.2Ir/c1-105(2,3)99-49-41-74(63-113-99)95-45-37-70(59-109-95)85-27-16-20-31-89(85)78-53-79(90-32-21-17-28-86(90)71-38-46-96(110-60-71)75-42-50-100(114-64-75)106(4,5)6)56-82(55-78)93-35-24-36-94(103(93)84-67-117-104(118-68-84)69-25-14-13-15-26-69)83-57-80(91-33-22-18-29-87(91)72-39-47-97(111-61-72)76-43-51-101(115-65-76)107(7,8)9)54-81(58-83)92-34-23-19-30-88(92)73-40-48-98(112-62-73)77-44-52-102(116-66-77)108(10,11)12;;/h13-24,27-40,45-68H,1-12H3;;/q-6;2*+3. The molecule has 0 fully saturated rings. The predicted molar refractivity (Wildman–Crippen MR) is 479 cm³/mol. The predicted octanol–water partition coefficient (Wildman–Crippen LogP) is 26.3. The van der Waals surface area contributed by atoms with Crippen LogP contribution in [0.2, 0.25) is 0 Å². The van der Waals surface area contributed by atoms with E-state index < -0.39 is 0 Å².